The van der Waals surface area contributed by atoms with Crippen LogP contribution in [0, 0.1) is 6.92 Å². The number of anilines is 2. The number of hydrogen-bond acceptors (Lipinski definition) is 4. The maximum absolute atomic E-state index is 12.7. The first-order chi connectivity index (χ1) is 13.9. The van der Waals surface area contributed by atoms with Gasteiger partial charge in [-0.05, 0) is 50.6 Å². The van der Waals surface area contributed by atoms with E-state index >= 15 is 0 Å². The van der Waals surface area contributed by atoms with Gasteiger partial charge in [-0.25, -0.2) is 0 Å². The minimum atomic E-state index is -0.372. The second kappa shape index (κ2) is 9.01. The number of carbonyl (C=O) groups excluding carboxylic acids is 2. The highest BCUT2D eigenvalue weighted by Gasteiger charge is 2.14. The Balaban J connectivity index is 1.76. The third-order valence-electron chi connectivity index (χ3n) is 4.15. The van der Waals surface area contributed by atoms with Crippen LogP contribution in [0.1, 0.15) is 40.1 Å². The molecule has 3 rings (SSSR count). The van der Waals surface area contributed by atoms with Crippen LogP contribution in [0.3, 0.4) is 0 Å². The Morgan fingerprint density at radius 1 is 0.862 bits per heavy atom. The Labute approximate surface area is 169 Å². The van der Waals surface area contributed by atoms with Crippen LogP contribution in [0.25, 0.3) is 0 Å². The van der Waals surface area contributed by atoms with E-state index in [4.69, 9.17) is 4.74 Å². The van der Waals surface area contributed by atoms with Gasteiger partial charge in [0.25, 0.3) is 11.8 Å². The van der Waals surface area contributed by atoms with Gasteiger partial charge in [0, 0.05) is 18.1 Å². The van der Waals surface area contributed by atoms with Crippen molar-refractivity contribution in [1.29, 1.82) is 0 Å². The number of aryl methyl sites for hydroxylation is 1. The van der Waals surface area contributed by atoms with Crippen molar-refractivity contribution in [2.75, 3.05) is 10.6 Å². The first-order valence-electron chi connectivity index (χ1n) is 9.33. The van der Waals surface area contributed by atoms with E-state index in [9.17, 15) is 9.59 Å². The average molecular weight is 389 g/mol. The lowest BCUT2D eigenvalue weighted by atomic mass is 10.1. The van der Waals surface area contributed by atoms with Crippen LogP contribution in [-0.2, 0) is 0 Å². The molecule has 0 unspecified atom stereocenters. The molecule has 6 nitrogen and oxygen atoms in total. The van der Waals surface area contributed by atoms with Gasteiger partial charge in [-0.1, -0.05) is 30.3 Å². The lowest BCUT2D eigenvalue weighted by molar-refractivity contribution is 0.102. The number of amides is 2. The van der Waals surface area contributed by atoms with Gasteiger partial charge in [-0.3, -0.25) is 14.6 Å². The summed E-state index contributed by atoms with van der Waals surface area (Å²) >= 11 is 0. The first-order valence-corrected chi connectivity index (χ1v) is 9.33. The minimum absolute atomic E-state index is 0.0248. The SMILES string of the molecule is Cc1ccccc1NC(=O)c1cncc(C(=O)Nc2ccccc2OC(C)C)c1. The summed E-state index contributed by atoms with van der Waals surface area (Å²) in [5, 5.41) is 5.66. The smallest absolute Gasteiger partial charge is 0.257 e. The number of nitrogens with zero attached hydrogens (tertiary/aromatic N) is 1. The average Bonchev–Trinajstić information content (AvgIpc) is 2.71. The molecule has 0 aliphatic heterocycles. The van der Waals surface area contributed by atoms with E-state index in [0.29, 0.717) is 22.7 Å². The molecule has 148 valence electrons. The third kappa shape index (κ3) is 5.19. The van der Waals surface area contributed by atoms with Crippen LogP contribution in [0.4, 0.5) is 11.4 Å². The van der Waals surface area contributed by atoms with Gasteiger partial charge in [0.2, 0.25) is 0 Å². The number of aromatic nitrogens is 1. The number of rotatable bonds is 6. The summed E-state index contributed by atoms with van der Waals surface area (Å²) in [5.41, 5.74) is 2.80. The van der Waals surface area contributed by atoms with Crippen molar-refractivity contribution in [3.05, 3.63) is 83.7 Å². The van der Waals surface area contributed by atoms with E-state index in [2.05, 4.69) is 15.6 Å². The molecule has 1 aromatic heterocycles. The van der Waals surface area contributed by atoms with E-state index in [-0.39, 0.29) is 23.5 Å². The second-order valence-corrected chi connectivity index (χ2v) is 6.85. The molecule has 29 heavy (non-hydrogen) atoms. The molecule has 1 heterocycles. The fourth-order valence-electron chi connectivity index (χ4n) is 2.72. The van der Waals surface area contributed by atoms with Crippen molar-refractivity contribution in [3.63, 3.8) is 0 Å². The molecule has 0 saturated carbocycles. The van der Waals surface area contributed by atoms with Gasteiger partial charge in [-0.15, -0.1) is 0 Å². The lowest BCUT2D eigenvalue weighted by Gasteiger charge is -2.15. The second-order valence-electron chi connectivity index (χ2n) is 6.85. The van der Waals surface area contributed by atoms with E-state index < -0.39 is 0 Å². The number of hydrogen-bond donors (Lipinski definition) is 2. The van der Waals surface area contributed by atoms with E-state index in [0.717, 1.165) is 5.56 Å². The topological polar surface area (TPSA) is 80.3 Å². The third-order valence-corrected chi connectivity index (χ3v) is 4.15. The zero-order valence-electron chi connectivity index (χ0n) is 16.6. The molecule has 0 radical (unpaired) electrons. The molecule has 0 aliphatic carbocycles. The highest BCUT2D eigenvalue weighted by molar-refractivity contribution is 6.08. The number of para-hydroxylation sites is 3. The Morgan fingerprint density at radius 2 is 1.41 bits per heavy atom. The van der Waals surface area contributed by atoms with Gasteiger partial charge in [0.15, 0.2) is 0 Å². The zero-order chi connectivity index (χ0) is 20.8. The monoisotopic (exact) mass is 389 g/mol. The molecular weight excluding hydrogens is 366 g/mol. The zero-order valence-corrected chi connectivity index (χ0v) is 16.6. The summed E-state index contributed by atoms with van der Waals surface area (Å²) in [4.78, 5) is 29.3. The summed E-state index contributed by atoms with van der Waals surface area (Å²) < 4.78 is 5.73. The van der Waals surface area contributed by atoms with Crippen molar-refractivity contribution in [2.24, 2.45) is 0 Å². The summed E-state index contributed by atoms with van der Waals surface area (Å²) in [7, 11) is 0. The van der Waals surface area contributed by atoms with Crippen molar-refractivity contribution >= 4 is 23.2 Å². The standard InChI is InChI=1S/C23H23N3O3/c1-15(2)29-21-11-7-6-10-20(21)26-23(28)18-12-17(13-24-14-18)22(27)25-19-9-5-4-8-16(19)3/h4-15H,1-3H3,(H,25,27)(H,26,28). The summed E-state index contributed by atoms with van der Waals surface area (Å²) in [6, 6.07) is 16.2. The van der Waals surface area contributed by atoms with Crippen molar-refractivity contribution < 1.29 is 14.3 Å². The number of pyridine rings is 1. The molecule has 0 saturated heterocycles. The number of carbonyl (C=O) groups is 2. The Morgan fingerprint density at radius 3 is 2.03 bits per heavy atom. The van der Waals surface area contributed by atoms with Crippen LogP contribution in [0.5, 0.6) is 5.75 Å². The largest absolute Gasteiger partial charge is 0.489 e. The van der Waals surface area contributed by atoms with Gasteiger partial charge in [0.05, 0.1) is 22.9 Å². The predicted octanol–water partition coefficient (Wildman–Crippen LogP) is 4.68. The molecule has 3 aromatic rings. The summed E-state index contributed by atoms with van der Waals surface area (Å²) in [6.07, 6.45) is 2.83. The van der Waals surface area contributed by atoms with Crippen molar-refractivity contribution in [1.82, 2.24) is 4.98 Å². The van der Waals surface area contributed by atoms with E-state index in [1.165, 1.54) is 18.5 Å². The Hall–Kier alpha value is -3.67. The normalized spacial score (nSPS) is 10.5. The van der Waals surface area contributed by atoms with Crippen LogP contribution < -0.4 is 15.4 Å². The number of nitrogens with one attached hydrogen (secondary N) is 2. The van der Waals surface area contributed by atoms with Gasteiger partial charge in [0.1, 0.15) is 5.75 Å². The molecule has 2 N–H and O–H groups in total. The minimum Gasteiger partial charge on any atom is -0.489 e. The maximum atomic E-state index is 12.7. The van der Waals surface area contributed by atoms with E-state index in [1.807, 2.05) is 57.2 Å². The fourth-order valence-corrected chi connectivity index (χ4v) is 2.72. The summed E-state index contributed by atoms with van der Waals surface area (Å²) in [6.45, 7) is 5.74. The van der Waals surface area contributed by atoms with E-state index in [1.54, 1.807) is 12.1 Å². The van der Waals surface area contributed by atoms with Gasteiger partial charge < -0.3 is 15.4 Å². The first kappa shape index (κ1) is 20.1. The number of benzene rings is 2. The molecule has 0 bridgehead atoms. The highest BCUT2D eigenvalue weighted by atomic mass is 16.5. The number of ether oxygens (including phenoxy) is 1. The van der Waals surface area contributed by atoms with Crippen LogP contribution in [-0.4, -0.2) is 22.9 Å². The molecule has 2 amide bonds. The molecular formula is C23H23N3O3. The molecule has 0 spiro atoms. The predicted molar refractivity (Wildman–Crippen MR) is 114 cm³/mol. The van der Waals surface area contributed by atoms with Crippen molar-refractivity contribution in [2.45, 2.75) is 26.9 Å². The quantitative estimate of drug-likeness (QED) is 0.641. The molecule has 0 fully saturated rings. The maximum Gasteiger partial charge on any atom is 0.257 e. The Kier molecular flexibility index (Phi) is 6.24. The van der Waals surface area contributed by atoms with Crippen LogP contribution in [0.2, 0.25) is 0 Å². The molecule has 6 heteroatoms. The van der Waals surface area contributed by atoms with Crippen LogP contribution >= 0.6 is 0 Å². The Bertz CT molecular complexity index is 1030. The van der Waals surface area contributed by atoms with Crippen LogP contribution in [0.15, 0.2) is 67.0 Å². The highest BCUT2D eigenvalue weighted by Crippen LogP contribution is 2.25. The molecule has 0 aliphatic rings. The lowest BCUT2D eigenvalue weighted by Crippen LogP contribution is -2.17. The van der Waals surface area contributed by atoms with Gasteiger partial charge >= 0.3 is 0 Å². The van der Waals surface area contributed by atoms with Crippen molar-refractivity contribution in [3.8, 4) is 5.75 Å². The molecule has 0 atom stereocenters. The molecule has 2 aromatic carbocycles. The summed E-state index contributed by atoms with van der Waals surface area (Å²) in [5.74, 6) is -0.120. The fraction of sp³-hybridized carbons (Fsp3) is 0.174. The van der Waals surface area contributed by atoms with Gasteiger partial charge in [-0.2, -0.15) is 0 Å².